The summed E-state index contributed by atoms with van der Waals surface area (Å²) in [5, 5.41) is 1.22. The fourth-order valence-corrected chi connectivity index (χ4v) is 1.44. The van der Waals surface area contributed by atoms with E-state index in [4.69, 9.17) is 0 Å². The van der Waals surface area contributed by atoms with Gasteiger partial charge in [-0.05, 0) is 17.5 Å². The Labute approximate surface area is 85.5 Å². The molecule has 0 aliphatic heterocycles. The van der Waals surface area contributed by atoms with Crippen LogP contribution in [0, 0.1) is 5.82 Å². The Morgan fingerprint density at radius 2 is 2.20 bits per heavy atom. The van der Waals surface area contributed by atoms with E-state index in [9.17, 15) is 9.18 Å². The van der Waals surface area contributed by atoms with Gasteiger partial charge in [0.1, 0.15) is 11.4 Å². The summed E-state index contributed by atoms with van der Waals surface area (Å²) in [4.78, 5) is 15.2. The predicted molar refractivity (Wildman–Crippen MR) is 53.0 cm³/mol. The number of fused-ring (bicyclic) bond motifs is 1. The molecule has 0 aliphatic carbocycles. The minimum atomic E-state index is -0.689. The molecule has 1 aromatic carbocycles. The van der Waals surface area contributed by atoms with Crippen molar-refractivity contribution in [1.82, 2.24) is 4.98 Å². The predicted octanol–water partition coefficient (Wildman–Crippen LogP) is 2.16. The van der Waals surface area contributed by atoms with Gasteiger partial charge in [-0.25, -0.2) is 9.18 Å². The summed E-state index contributed by atoms with van der Waals surface area (Å²) in [7, 11) is 1.22. The average molecular weight is 205 g/mol. The van der Waals surface area contributed by atoms with Crippen LogP contribution in [0.25, 0.3) is 10.8 Å². The molecule has 1 aromatic heterocycles. The number of aromatic nitrogens is 1. The molecule has 0 aliphatic rings. The molecule has 76 valence electrons. The first-order chi connectivity index (χ1) is 7.24. The molecule has 0 bridgehead atoms. The van der Waals surface area contributed by atoms with E-state index in [-0.39, 0.29) is 5.56 Å². The maximum Gasteiger partial charge on any atom is 0.341 e. The molecule has 15 heavy (non-hydrogen) atoms. The third-order valence-corrected chi connectivity index (χ3v) is 2.16. The van der Waals surface area contributed by atoms with Gasteiger partial charge in [0.15, 0.2) is 0 Å². The number of pyridine rings is 1. The first-order valence-electron chi connectivity index (χ1n) is 4.34. The first-order valence-corrected chi connectivity index (χ1v) is 4.34. The lowest BCUT2D eigenvalue weighted by molar-refractivity contribution is 0.0598. The SMILES string of the molecule is COC(=O)c1c(F)ccc2ccncc12. The molecule has 2 rings (SSSR count). The molecule has 3 nitrogen and oxygen atoms in total. The topological polar surface area (TPSA) is 39.2 Å². The molecular weight excluding hydrogens is 197 g/mol. The van der Waals surface area contributed by atoms with Gasteiger partial charge < -0.3 is 4.74 Å². The van der Waals surface area contributed by atoms with Crippen LogP contribution in [0.2, 0.25) is 0 Å². The standard InChI is InChI=1S/C11H8FNO2/c1-15-11(14)10-8-6-13-5-4-7(8)2-3-9(10)12/h2-6H,1H3. The van der Waals surface area contributed by atoms with E-state index >= 15 is 0 Å². The Balaban J connectivity index is 2.79. The molecule has 0 N–H and O–H groups in total. The van der Waals surface area contributed by atoms with Crippen molar-refractivity contribution in [3.05, 3.63) is 42.0 Å². The van der Waals surface area contributed by atoms with Gasteiger partial charge in [-0.1, -0.05) is 6.07 Å². The lowest BCUT2D eigenvalue weighted by atomic mass is 10.1. The molecule has 0 amide bonds. The van der Waals surface area contributed by atoms with Crippen molar-refractivity contribution < 1.29 is 13.9 Å². The summed E-state index contributed by atoms with van der Waals surface area (Å²) < 4.78 is 17.9. The van der Waals surface area contributed by atoms with E-state index in [2.05, 4.69) is 9.72 Å². The quantitative estimate of drug-likeness (QED) is 0.669. The van der Waals surface area contributed by atoms with Gasteiger partial charge in [-0.3, -0.25) is 4.98 Å². The summed E-state index contributed by atoms with van der Waals surface area (Å²) in [6, 6.07) is 4.55. The highest BCUT2D eigenvalue weighted by atomic mass is 19.1. The maximum atomic E-state index is 13.4. The number of rotatable bonds is 1. The molecule has 0 radical (unpaired) electrons. The van der Waals surface area contributed by atoms with Crippen molar-refractivity contribution in [2.75, 3.05) is 7.11 Å². The van der Waals surface area contributed by atoms with Gasteiger partial charge in [-0.2, -0.15) is 0 Å². The van der Waals surface area contributed by atoms with Crippen molar-refractivity contribution in [3.8, 4) is 0 Å². The van der Waals surface area contributed by atoms with E-state index in [1.807, 2.05) is 0 Å². The van der Waals surface area contributed by atoms with Gasteiger partial charge in [0.2, 0.25) is 0 Å². The zero-order valence-corrected chi connectivity index (χ0v) is 8.03. The minimum absolute atomic E-state index is 0.0666. The Hall–Kier alpha value is -1.97. The highest BCUT2D eigenvalue weighted by Crippen LogP contribution is 2.21. The van der Waals surface area contributed by atoms with Crippen LogP contribution < -0.4 is 0 Å². The molecule has 0 spiro atoms. The third-order valence-electron chi connectivity index (χ3n) is 2.16. The highest BCUT2D eigenvalue weighted by molar-refractivity contribution is 6.04. The van der Waals surface area contributed by atoms with Gasteiger partial charge in [0.05, 0.1) is 7.11 Å². The zero-order valence-electron chi connectivity index (χ0n) is 8.03. The molecule has 1 heterocycles. The van der Waals surface area contributed by atoms with E-state index in [1.54, 1.807) is 18.3 Å². The number of esters is 1. The second kappa shape index (κ2) is 3.65. The number of carbonyl (C=O) groups is 1. The normalized spacial score (nSPS) is 10.3. The maximum absolute atomic E-state index is 13.4. The Bertz CT molecular complexity index is 525. The average Bonchev–Trinajstić information content (AvgIpc) is 2.28. The van der Waals surface area contributed by atoms with Gasteiger partial charge in [0.25, 0.3) is 0 Å². The van der Waals surface area contributed by atoms with Crippen LogP contribution in [0.5, 0.6) is 0 Å². The van der Waals surface area contributed by atoms with Gasteiger partial charge in [-0.15, -0.1) is 0 Å². The molecule has 4 heteroatoms. The summed E-state index contributed by atoms with van der Waals surface area (Å²) in [6.45, 7) is 0. The van der Waals surface area contributed by atoms with E-state index in [0.717, 1.165) is 5.39 Å². The number of methoxy groups -OCH3 is 1. The van der Waals surface area contributed by atoms with E-state index in [0.29, 0.717) is 5.39 Å². The second-order valence-corrected chi connectivity index (χ2v) is 3.01. The second-order valence-electron chi connectivity index (χ2n) is 3.01. The molecule has 0 saturated heterocycles. The van der Waals surface area contributed by atoms with Crippen LogP contribution in [0.4, 0.5) is 4.39 Å². The van der Waals surface area contributed by atoms with Crippen molar-refractivity contribution in [2.24, 2.45) is 0 Å². The van der Waals surface area contributed by atoms with Gasteiger partial charge >= 0.3 is 5.97 Å². The smallest absolute Gasteiger partial charge is 0.341 e. The van der Waals surface area contributed by atoms with Crippen molar-refractivity contribution >= 4 is 16.7 Å². The van der Waals surface area contributed by atoms with Crippen LogP contribution in [0.1, 0.15) is 10.4 Å². The monoisotopic (exact) mass is 205 g/mol. The summed E-state index contributed by atoms with van der Waals surface area (Å²) >= 11 is 0. The molecule has 2 aromatic rings. The number of carbonyl (C=O) groups excluding carboxylic acids is 1. The lowest BCUT2D eigenvalue weighted by Gasteiger charge is -2.04. The zero-order chi connectivity index (χ0) is 10.8. The molecule has 0 unspecified atom stereocenters. The first kappa shape index (κ1) is 9.58. The highest BCUT2D eigenvalue weighted by Gasteiger charge is 2.15. The number of hydrogen-bond acceptors (Lipinski definition) is 3. The summed E-state index contributed by atoms with van der Waals surface area (Å²) in [5.74, 6) is -1.28. The molecule has 0 fully saturated rings. The van der Waals surface area contributed by atoms with Crippen LogP contribution in [-0.2, 0) is 4.74 Å². The number of ether oxygens (including phenoxy) is 1. The summed E-state index contributed by atoms with van der Waals surface area (Å²) in [5.41, 5.74) is -0.0666. The Morgan fingerprint density at radius 3 is 2.93 bits per heavy atom. The lowest BCUT2D eigenvalue weighted by Crippen LogP contribution is -2.05. The van der Waals surface area contributed by atoms with Crippen LogP contribution in [0.15, 0.2) is 30.6 Å². The number of hydrogen-bond donors (Lipinski definition) is 0. The van der Waals surface area contributed by atoms with Crippen LogP contribution in [-0.4, -0.2) is 18.1 Å². The minimum Gasteiger partial charge on any atom is -0.465 e. The van der Waals surface area contributed by atoms with E-state index in [1.165, 1.54) is 19.4 Å². The Morgan fingerprint density at radius 1 is 1.40 bits per heavy atom. The van der Waals surface area contributed by atoms with Crippen LogP contribution >= 0.6 is 0 Å². The van der Waals surface area contributed by atoms with Crippen LogP contribution in [0.3, 0.4) is 0 Å². The number of nitrogens with zero attached hydrogens (tertiary/aromatic N) is 1. The fourth-order valence-electron chi connectivity index (χ4n) is 1.44. The van der Waals surface area contributed by atoms with Crippen molar-refractivity contribution in [1.29, 1.82) is 0 Å². The van der Waals surface area contributed by atoms with Crippen molar-refractivity contribution in [3.63, 3.8) is 0 Å². The third kappa shape index (κ3) is 1.54. The molecule has 0 saturated carbocycles. The molecular formula is C11H8FNO2. The Kier molecular flexibility index (Phi) is 2.33. The molecule has 0 atom stereocenters. The fraction of sp³-hybridized carbons (Fsp3) is 0.0909. The largest absolute Gasteiger partial charge is 0.465 e. The number of benzene rings is 1. The van der Waals surface area contributed by atoms with Crippen molar-refractivity contribution in [2.45, 2.75) is 0 Å². The van der Waals surface area contributed by atoms with E-state index < -0.39 is 11.8 Å². The number of halogens is 1. The van der Waals surface area contributed by atoms with Gasteiger partial charge in [0, 0.05) is 17.8 Å². The summed E-state index contributed by atoms with van der Waals surface area (Å²) in [6.07, 6.45) is 3.03.